The molecule has 3 aromatic rings. The Hall–Kier alpha value is -3.15. The lowest BCUT2D eigenvalue weighted by Crippen LogP contribution is -2.04. The molecule has 0 aliphatic rings. The van der Waals surface area contributed by atoms with Gasteiger partial charge in [-0.3, -0.25) is 0 Å². The van der Waals surface area contributed by atoms with Gasteiger partial charge >= 0.3 is 0 Å². The normalized spacial score (nSPS) is 10.9. The molecule has 0 aliphatic carbocycles. The van der Waals surface area contributed by atoms with E-state index in [9.17, 15) is 10.2 Å². The maximum atomic E-state index is 10.5. The Labute approximate surface area is 190 Å². The Morgan fingerprint density at radius 1 is 0.719 bits per heavy atom. The summed E-state index contributed by atoms with van der Waals surface area (Å²) in [6.45, 7) is 2.23. The quantitative estimate of drug-likeness (QED) is 0.324. The molecule has 6 heteroatoms. The molecule has 2 N–H and O–H groups in total. The first-order valence-corrected chi connectivity index (χ1v) is 11.5. The highest BCUT2D eigenvalue weighted by Crippen LogP contribution is 2.33. The highest BCUT2D eigenvalue weighted by molar-refractivity contribution is 5.69. The van der Waals surface area contributed by atoms with Crippen molar-refractivity contribution in [1.82, 2.24) is 15.0 Å². The van der Waals surface area contributed by atoms with Crippen molar-refractivity contribution in [1.29, 1.82) is 0 Å². The van der Waals surface area contributed by atoms with E-state index in [1.165, 1.54) is 44.6 Å². The third-order valence-corrected chi connectivity index (χ3v) is 5.53. The fraction of sp³-hybridized carbons (Fsp3) is 0.423. The summed E-state index contributed by atoms with van der Waals surface area (Å²) < 4.78 is 5.18. The fourth-order valence-electron chi connectivity index (χ4n) is 3.68. The van der Waals surface area contributed by atoms with Crippen LogP contribution in [0.5, 0.6) is 17.2 Å². The first-order chi connectivity index (χ1) is 15.6. The smallest absolute Gasteiger partial charge is 0.167 e. The number of aromatic hydroxyl groups is 2. The second-order valence-electron chi connectivity index (χ2n) is 8.02. The molecule has 6 nitrogen and oxygen atoms in total. The van der Waals surface area contributed by atoms with E-state index in [-0.39, 0.29) is 11.5 Å². The summed E-state index contributed by atoms with van der Waals surface area (Å²) in [6.07, 6.45) is 10.5. The average Bonchev–Trinajstić information content (AvgIpc) is 2.80. The lowest BCUT2D eigenvalue weighted by atomic mass is 10.1. The van der Waals surface area contributed by atoms with Gasteiger partial charge in [-0.05, 0) is 30.7 Å². The predicted octanol–water partition coefficient (Wildman–Crippen LogP) is 6.31. The van der Waals surface area contributed by atoms with Crippen molar-refractivity contribution < 1.29 is 14.9 Å². The molecule has 0 aliphatic heterocycles. The number of phenols is 2. The van der Waals surface area contributed by atoms with Gasteiger partial charge in [-0.2, -0.15) is 0 Å². The molecule has 0 fully saturated rings. The average molecular weight is 436 g/mol. The standard InChI is InChI=1S/C26H33N3O3/c1-3-4-5-6-7-8-9-10-15-24-27-25(20-13-11-12-14-22(20)30)29-26(28-24)21-17-16-19(32-2)18-23(21)31/h11-14,16-18,30-31H,3-10,15H2,1-2H3. The number of benzene rings is 2. The molecule has 0 spiro atoms. The van der Waals surface area contributed by atoms with Crippen LogP contribution in [0.25, 0.3) is 22.8 Å². The van der Waals surface area contributed by atoms with Gasteiger partial charge in [0.2, 0.25) is 0 Å². The topological polar surface area (TPSA) is 88.4 Å². The number of rotatable bonds is 12. The second-order valence-corrected chi connectivity index (χ2v) is 8.02. The number of methoxy groups -OCH3 is 1. The molecule has 2 aromatic carbocycles. The van der Waals surface area contributed by atoms with E-state index in [0.29, 0.717) is 34.3 Å². The zero-order chi connectivity index (χ0) is 22.8. The van der Waals surface area contributed by atoms with Crippen molar-refractivity contribution in [2.24, 2.45) is 0 Å². The molecule has 1 heterocycles. The van der Waals surface area contributed by atoms with Crippen molar-refractivity contribution in [3.05, 3.63) is 48.3 Å². The molecule has 3 rings (SSSR count). The summed E-state index contributed by atoms with van der Waals surface area (Å²) in [7, 11) is 1.55. The Kier molecular flexibility index (Phi) is 8.84. The molecule has 0 unspecified atom stereocenters. The minimum Gasteiger partial charge on any atom is -0.507 e. The van der Waals surface area contributed by atoms with E-state index in [2.05, 4.69) is 21.9 Å². The van der Waals surface area contributed by atoms with Gasteiger partial charge in [0.25, 0.3) is 0 Å². The van der Waals surface area contributed by atoms with Crippen LogP contribution in [-0.4, -0.2) is 32.3 Å². The monoisotopic (exact) mass is 435 g/mol. The van der Waals surface area contributed by atoms with Gasteiger partial charge in [0, 0.05) is 12.5 Å². The number of unbranched alkanes of at least 4 members (excludes halogenated alkanes) is 7. The molecule has 32 heavy (non-hydrogen) atoms. The van der Waals surface area contributed by atoms with E-state index >= 15 is 0 Å². The maximum Gasteiger partial charge on any atom is 0.167 e. The first-order valence-electron chi connectivity index (χ1n) is 11.5. The summed E-state index contributed by atoms with van der Waals surface area (Å²) in [5.74, 6) is 2.15. The maximum absolute atomic E-state index is 10.5. The van der Waals surface area contributed by atoms with Crippen molar-refractivity contribution >= 4 is 0 Å². The summed E-state index contributed by atoms with van der Waals surface area (Å²) >= 11 is 0. The lowest BCUT2D eigenvalue weighted by Gasteiger charge is -2.10. The van der Waals surface area contributed by atoms with Crippen LogP contribution in [0.1, 0.15) is 64.1 Å². The van der Waals surface area contributed by atoms with Gasteiger partial charge in [0.05, 0.1) is 18.2 Å². The van der Waals surface area contributed by atoms with Crippen LogP contribution >= 0.6 is 0 Å². The molecular weight excluding hydrogens is 402 g/mol. The Bertz CT molecular complexity index is 1010. The predicted molar refractivity (Wildman–Crippen MR) is 127 cm³/mol. The van der Waals surface area contributed by atoms with Gasteiger partial charge in [-0.15, -0.1) is 0 Å². The van der Waals surface area contributed by atoms with Gasteiger partial charge in [0.1, 0.15) is 23.1 Å². The van der Waals surface area contributed by atoms with Crippen molar-refractivity contribution in [2.45, 2.75) is 64.7 Å². The minimum atomic E-state index is 0.0387. The van der Waals surface area contributed by atoms with E-state index in [4.69, 9.17) is 4.74 Å². The zero-order valence-electron chi connectivity index (χ0n) is 19.0. The van der Waals surface area contributed by atoms with Crippen molar-refractivity contribution in [2.75, 3.05) is 7.11 Å². The van der Waals surface area contributed by atoms with Crippen LogP contribution in [0, 0.1) is 0 Å². The molecule has 170 valence electrons. The molecule has 1 aromatic heterocycles. The largest absolute Gasteiger partial charge is 0.507 e. The minimum absolute atomic E-state index is 0.0387. The number of hydrogen-bond donors (Lipinski definition) is 2. The molecule has 0 saturated carbocycles. The number of aromatic nitrogens is 3. The molecule has 0 saturated heterocycles. The number of hydrogen-bond acceptors (Lipinski definition) is 6. The number of nitrogens with zero attached hydrogens (tertiary/aromatic N) is 3. The summed E-state index contributed by atoms with van der Waals surface area (Å²) in [4.78, 5) is 13.8. The van der Waals surface area contributed by atoms with E-state index in [1.807, 2.05) is 6.07 Å². The van der Waals surface area contributed by atoms with Gasteiger partial charge in [-0.1, -0.05) is 64.0 Å². The Morgan fingerprint density at radius 3 is 1.97 bits per heavy atom. The Balaban J connectivity index is 1.80. The highest BCUT2D eigenvalue weighted by atomic mass is 16.5. The van der Waals surface area contributed by atoms with Gasteiger partial charge < -0.3 is 14.9 Å². The van der Waals surface area contributed by atoms with Crippen molar-refractivity contribution in [3.63, 3.8) is 0 Å². The zero-order valence-corrected chi connectivity index (χ0v) is 19.0. The van der Waals surface area contributed by atoms with Crippen LogP contribution in [-0.2, 0) is 6.42 Å². The van der Waals surface area contributed by atoms with Crippen LogP contribution in [0.15, 0.2) is 42.5 Å². The fourth-order valence-corrected chi connectivity index (χ4v) is 3.68. The third-order valence-electron chi connectivity index (χ3n) is 5.53. The SMILES string of the molecule is CCCCCCCCCCc1nc(-c2ccccc2O)nc(-c2ccc(OC)cc2O)n1. The van der Waals surface area contributed by atoms with E-state index in [0.717, 1.165) is 19.3 Å². The van der Waals surface area contributed by atoms with Gasteiger partial charge in [0.15, 0.2) is 11.6 Å². The highest BCUT2D eigenvalue weighted by Gasteiger charge is 2.15. The van der Waals surface area contributed by atoms with Gasteiger partial charge in [-0.25, -0.2) is 15.0 Å². The third kappa shape index (κ3) is 6.42. The van der Waals surface area contributed by atoms with Crippen LogP contribution in [0.3, 0.4) is 0 Å². The molecule has 0 radical (unpaired) electrons. The molecule has 0 bridgehead atoms. The molecular formula is C26H33N3O3. The van der Waals surface area contributed by atoms with Crippen LogP contribution in [0.2, 0.25) is 0 Å². The van der Waals surface area contributed by atoms with Crippen molar-refractivity contribution in [3.8, 4) is 40.0 Å². The summed E-state index contributed by atoms with van der Waals surface area (Å²) in [5, 5.41) is 20.8. The first kappa shape index (κ1) is 23.5. The van der Waals surface area contributed by atoms with Crippen LogP contribution < -0.4 is 4.74 Å². The molecule has 0 amide bonds. The second kappa shape index (κ2) is 12.0. The summed E-state index contributed by atoms with van der Waals surface area (Å²) in [6, 6.07) is 12.0. The number of aryl methyl sites for hydroxylation is 1. The number of phenolic OH excluding ortho intramolecular Hbond substituents is 2. The van der Waals surface area contributed by atoms with Crippen LogP contribution in [0.4, 0.5) is 0 Å². The number of ether oxygens (including phenoxy) is 1. The molecule has 0 atom stereocenters. The lowest BCUT2D eigenvalue weighted by molar-refractivity contribution is 0.408. The number of para-hydroxylation sites is 1. The van der Waals surface area contributed by atoms with E-state index < -0.39 is 0 Å². The van der Waals surface area contributed by atoms with E-state index in [1.54, 1.807) is 37.4 Å². The summed E-state index contributed by atoms with van der Waals surface area (Å²) in [5.41, 5.74) is 1.04. The Morgan fingerprint density at radius 2 is 1.34 bits per heavy atom.